The molecule has 0 radical (unpaired) electrons. The number of halogens is 2. The SMILES string of the molecule is CC[C@H](C(=O)NC1CCCCC1)N(Cc1ccc(Cl)c(Cl)c1)C(=O)CCCN(c1ccccc1OC)S(C)(=O)=O. The summed E-state index contributed by atoms with van der Waals surface area (Å²) in [6.07, 6.45) is 7.07. The molecule has 1 atom stereocenters. The van der Waals surface area contributed by atoms with E-state index in [1.807, 2.05) is 6.92 Å². The van der Waals surface area contributed by atoms with Crippen LogP contribution in [0, 0.1) is 0 Å². The Balaban J connectivity index is 1.79. The summed E-state index contributed by atoms with van der Waals surface area (Å²) in [5.41, 5.74) is 1.16. The van der Waals surface area contributed by atoms with Crippen molar-refractivity contribution in [3.05, 3.63) is 58.1 Å². The van der Waals surface area contributed by atoms with E-state index in [1.54, 1.807) is 47.4 Å². The molecule has 0 unspecified atom stereocenters. The summed E-state index contributed by atoms with van der Waals surface area (Å²) >= 11 is 12.3. The molecular weight excluding hydrogens is 573 g/mol. The van der Waals surface area contributed by atoms with Crippen LogP contribution in [-0.4, -0.2) is 57.1 Å². The number of ether oxygens (including phenoxy) is 1. The molecule has 0 aliphatic heterocycles. The maximum Gasteiger partial charge on any atom is 0.243 e. The maximum absolute atomic E-state index is 13.7. The third-order valence-corrected chi connectivity index (χ3v) is 9.10. The van der Waals surface area contributed by atoms with E-state index < -0.39 is 16.1 Å². The number of sulfonamides is 1. The van der Waals surface area contributed by atoms with Crippen LogP contribution in [0.1, 0.15) is 63.9 Å². The Morgan fingerprint density at radius 2 is 1.77 bits per heavy atom. The number of nitrogens with zero attached hydrogens (tertiary/aromatic N) is 2. The molecule has 8 nitrogen and oxygen atoms in total. The van der Waals surface area contributed by atoms with Gasteiger partial charge in [-0.25, -0.2) is 8.42 Å². The van der Waals surface area contributed by atoms with E-state index >= 15 is 0 Å². The summed E-state index contributed by atoms with van der Waals surface area (Å²) < 4.78 is 31.9. The van der Waals surface area contributed by atoms with Gasteiger partial charge in [-0.2, -0.15) is 0 Å². The van der Waals surface area contributed by atoms with Gasteiger partial charge in [0.1, 0.15) is 11.8 Å². The number of carbonyl (C=O) groups is 2. The van der Waals surface area contributed by atoms with E-state index in [1.165, 1.54) is 17.8 Å². The second kappa shape index (κ2) is 14.9. The van der Waals surface area contributed by atoms with Crippen molar-refractivity contribution >= 4 is 50.7 Å². The monoisotopic (exact) mass is 611 g/mol. The number of nitrogens with one attached hydrogen (secondary N) is 1. The molecule has 40 heavy (non-hydrogen) atoms. The first kappa shape index (κ1) is 32.0. The van der Waals surface area contributed by atoms with Gasteiger partial charge in [-0.3, -0.25) is 13.9 Å². The van der Waals surface area contributed by atoms with Crippen molar-refractivity contribution in [2.75, 3.05) is 24.2 Å². The molecular formula is C29H39Cl2N3O5S. The Bertz CT molecular complexity index is 1270. The lowest BCUT2D eigenvalue weighted by molar-refractivity contribution is -0.141. The van der Waals surface area contributed by atoms with Gasteiger partial charge in [-0.1, -0.05) is 67.6 Å². The van der Waals surface area contributed by atoms with Crippen molar-refractivity contribution in [2.45, 2.75) is 76.9 Å². The number of carbonyl (C=O) groups excluding carboxylic acids is 2. The molecule has 1 fully saturated rings. The zero-order chi connectivity index (χ0) is 29.3. The first-order valence-corrected chi connectivity index (χ1v) is 16.3. The largest absolute Gasteiger partial charge is 0.495 e. The molecule has 0 aromatic heterocycles. The van der Waals surface area contributed by atoms with Gasteiger partial charge in [0.2, 0.25) is 21.8 Å². The molecule has 0 saturated heterocycles. The average Bonchev–Trinajstić information content (AvgIpc) is 2.92. The topological polar surface area (TPSA) is 96.0 Å². The molecule has 3 rings (SSSR count). The van der Waals surface area contributed by atoms with Crippen LogP contribution in [0.4, 0.5) is 5.69 Å². The van der Waals surface area contributed by atoms with Gasteiger partial charge in [0.15, 0.2) is 0 Å². The molecule has 1 aliphatic rings. The van der Waals surface area contributed by atoms with Crippen molar-refractivity contribution in [3.63, 3.8) is 0 Å². The van der Waals surface area contributed by atoms with Gasteiger partial charge >= 0.3 is 0 Å². The Hall–Kier alpha value is -2.49. The predicted octanol–water partition coefficient (Wildman–Crippen LogP) is 5.80. The van der Waals surface area contributed by atoms with Crippen LogP contribution in [0.2, 0.25) is 10.0 Å². The molecule has 0 bridgehead atoms. The molecule has 1 saturated carbocycles. The number of hydrogen-bond acceptors (Lipinski definition) is 5. The minimum Gasteiger partial charge on any atom is -0.495 e. The van der Waals surface area contributed by atoms with Crippen molar-refractivity contribution in [2.24, 2.45) is 0 Å². The standard InChI is InChI=1S/C29H39Cl2N3O5S/c1-4-25(29(36)32-22-11-6-5-7-12-22)33(20-21-16-17-23(30)24(31)19-21)28(35)15-10-18-34(40(3,37)38)26-13-8-9-14-27(26)39-2/h8-9,13-14,16-17,19,22,25H,4-7,10-12,15,18,20H2,1-3H3,(H,32,36)/t25-/m1/s1. The molecule has 1 N–H and O–H groups in total. The lowest BCUT2D eigenvalue weighted by atomic mass is 9.95. The third-order valence-electron chi connectivity index (χ3n) is 7.18. The van der Waals surface area contributed by atoms with Gasteiger partial charge in [0.05, 0.1) is 29.1 Å². The Labute approximate surface area is 248 Å². The van der Waals surface area contributed by atoms with Gasteiger partial charge < -0.3 is 15.0 Å². The van der Waals surface area contributed by atoms with Crippen LogP contribution in [0.15, 0.2) is 42.5 Å². The highest BCUT2D eigenvalue weighted by Crippen LogP contribution is 2.30. The molecule has 2 amide bonds. The maximum atomic E-state index is 13.7. The highest BCUT2D eigenvalue weighted by atomic mass is 35.5. The number of amides is 2. The quantitative estimate of drug-likeness (QED) is 0.308. The number of anilines is 1. The summed E-state index contributed by atoms with van der Waals surface area (Å²) in [5, 5.41) is 3.93. The fourth-order valence-corrected chi connectivity index (χ4v) is 6.41. The minimum atomic E-state index is -3.64. The zero-order valence-corrected chi connectivity index (χ0v) is 25.7. The molecule has 220 valence electrons. The molecule has 11 heteroatoms. The lowest BCUT2D eigenvalue weighted by Gasteiger charge is -2.33. The minimum absolute atomic E-state index is 0.0513. The highest BCUT2D eigenvalue weighted by Gasteiger charge is 2.31. The fraction of sp³-hybridized carbons (Fsp3) is 0.517. The number of rotatable bonds is 13. The second-order valence-electron chi connectivity index (χ2n) is 10.1. The molecule has 2 aromatic carbocycles. The van der Waals surface area contributed by atoms with Crippen LogP contribution >= 0.6 is 23.2 Å². The molecule has 0 heterocycles. The lowest BCUT2D eigenvalue weighted by Crippen LogP contribution is -2.51. The summed E-state index contributed by atoms with van der Waals surface area (Å²) in [5.74, 6) is 0.00529. The van der Waals surface area contributed by atoms with Crippen LogP contribution in [0.3, 0.4) is 0 Å². The smallest absolute Gasteiger partial charge is 0.243 e. The summed E-state index contributed by atoms with van der Waals surface area (Å²) in [6, 6.07) is 11.4. The fourth-order valence-electron chi connectivity index (χ4n) is 5.12. The number of para-hydroxylation sites is 2. The van der Waals surface area contributed by atoms with Crippen molar-refractivity contribution in [1.29, 1.82) is 0 Å². The summed E-state index contributed by atoms with van der Waals surface area (Å²) in [6.45, 7) is 2.14. The van der Waals surface area contributed by atoms with Gasteiger partial charge in [0.25, 0.3) is 0 Å². The van der Waals surface area contributed by atoms with E-state index in [9.17, 15) is 18.0 Å². The van der Waals surface area contributed by atoms with Crippen LogP contribution in [-0.2, 0) is 26.2 Å². The first-order chi connectivity index (χ1) is 19.0. The van der Waals surface area contributed by atoms with Crippen LogP contribution in [0.25, 0.3) is 0 Å². The molecule has 2 aromatic rings. The van der Waals surface area contributed by atoms with E-state index in [2.05, 4.69) is 5.32 Å². The molecule has 1 aliphatic carbocycles. The summed E-state index contributed by atoms with van der Waals surface area (Å²) in [4.78, 5) is 28.7. The van der Waals surface area contributed by atoms with Crippen molar-refractivity contribution in [3.8, 4) is 5.75 Å². The normalized spacial score (nSPS) is 14.8. The second-order valence-corrected chi connectivity index (χ2v) is 12.9. The van der Waals surface area contributed by atoms with Gasteiger partial charge in [0, 0.05) is 25.6 Å². The zero-order valence-electron chi connectivity index (χ0n) is 23.4. The highest BCUT2D eigenvalue weighted by molar-refractivity contribution is 7.92. The number of benzene rings is 2. The summed E-state index contributed by atoms with van der Waals surface area (Å²) in [7, 11) is -2.16. The van der Waals surface area contributed by atoms with Crippen LogP contribution in [0.5, 0.6) is 5.75 Å². The Morgan fingerprint density at radius 3 is 2.40 bits per heavy atom. The first-order valence-electron chi connectivity index (χ1n) is 13.7. The third kappa shape index (κ3) is 8.75. The van der Waals surface area contributed by atoms with E-state index in [0.29, 0.717) is 27.9 Å². The molecule has 0 spiro atoms. The Kier molecular flexibility index (Phi) is 12.0. The number of hydrogen-bond donors (Lipinski definition) is 1. The van der Waals surface area contributed by atoms with Gasteiger partial charge in [-0.05, 0) is 55.5 Å². The predicted molar refractivity (Wildman–Crippen MR) is 161 cm³/mol. The van der Waals surface area contributed by atoms with Crippen LogP contribution < -0.4 is 14.4 Å². The van der Waals surface area contributed by atoms with Crippen molar-refractivity contribution in [1.82, 2.24) is 10.2 Å². The average molecular weight is 613 g/mol. The Morgan fingerprint density at radius 1 is 1.07 bits per heavy atom. The van der Waals surface area contributed by atoms with Crippen molar-refractivity contribution < 1.29 is 22.7 Å². The number of methoxy groups -OCH3 is 1. The van der Waals surface area contributed by atoms with E-state index in [-0.39, 0.29) is 43.8 Å². The van der Waals surface area contributed by atoms with E-state index in [4.69, 9.17) is 27.9 Å². The van der Waals surface area contributed by atoms with Gasteiger partial charge in [-0.15, -0.1) is 0 Å². The van der Waals surface area contributed by atoms with E-state index in [0.717, 1.165) is 37.5 Å².